The molecule has 0 aliphatic heterocycles. The number of sulfonamides is 1. The first-order valence-electron chi connectivity index (χ1n) is 7.26. The van der Waals surface area contributed by atoms with E-state index in [9.17, 15) is 13.2 Å². The number of nitrogens with two attached hydrogens (primary N) is 1. The summed E-state index contributed by atoms with van der Waals surface area (Å²) in [6.45, 7) is 5.15. The minimum absolute atomic E-state index is 0.0263. The molecule has 1 aliphatic carbocycles. The topological polar surface area (TPSA) is 94.2 Å². The van der Waals surface area contributed by atoms with Gasteiger partial charge in [-0.3, -0.25) is 4.79 Å². The molecule has 1 amide bonds. The summed E-state index contributed by atoms with van der Waals surface area (Å²) in [6, 6.07) is 1.34. The highest BCUT2D eigenvalue weighted by molar-refractivity contribution is 7.89. The van der Waals surface area contributed by atoms with Crippen molar-refractivity contribution < 1.29 is 13.2 Å². The highest BCUT2D eigenvalue weighted by Gasteiger charge is 2.29. The van der Waals surface area contributed by atoms with Crippen molar-refractivity contribution in [3.05, 3.63) is 18.0 Å². The monoisotopic (exact) mass is 313 g/mol. The lowest BCUT2D eigenvalue weighted by Gasteiger charge is -2.23. The second kappa shape index (κ2) is 5.81. The maximum atomic E-state index is 12.3. The van der Waals surface area contributed by atoms with Crippen LogP contribution in [0.3, 0.4) is 0 Å². The average molecular weight is 313 g/mol. The predicted molar refractivity (Wildman–Crippen MR) is 80.4 cm³/mol. The Hall–Kier alpha value is -1.34. The third-order valence-corrected chi connectivity index (χ3v) is 5.14. The van der Waals surface area contributed by atoms with Gasteiger partial charge in [0.2, 0.25) is 10.0 Å². The fraction of sp³-hybridized carbons (Fsp3) is 0.643. The molecule has 0 saturated heterocycles. The number of carbonyl (C=O) groups excluding carboxylic acids is 1. The molecule has 0 radical (unpaired) electrons. The first kappa shape index (κ1) is 16.0. The van der Waals surface area contributed by atoms with Gasteiger partial charge < -0.3 is 9.88 Å². The Balaban J connectivity index is 2.13. The van der Waals surface area contributed by atoms with E-state index >= 15 is 0 Å². The Kier molecular flexibility index (Phi) is 4.43. The van der Waals surface area contributed by atoms with E-state index in [-0.39, 0.29) is 16.2 Å². The quantitative estimate of drug-likeness (QED) is 0.861. The molecule has 21 heavy (non-hydrogen) atoms. The van der Waals surface area contributed by atoms with Crippen molar-refractivity contribution in [2.24, 2.45) is 10.6 Å². The van der Waals surface area contributed by atoms with Crippen LogP contribution < -0.4 is 10.5 Å². The minimum atomic E-state index is -3.79. The highest BCUT2D eigenvalue weighted by atomic mass is 32.2. The Morgan fingerprint density at radius 3 is 2.57 bits per heavy atom. The smallest absolute Gasteiger partial charge is 0.267 e. The van der Waals surface area contributed by atoms with E-state index < -0.39 is 10.0 Å². The summed E-state index contributed by atoms with van der Waals surface area (Å²) in [6.07, 6.45) is 6.04. The van der Waals surface area contributed by atoms with Crippen LogP contribution in [0, 0.1) is 5.41 Å². The maximum absolute atomic E-state index is 12.3. The molecular weight excluding hydrogens is 290 g/mol. The van der Waals surface area contributed by atoms with Gasteiger partial charge in [-0.1, -0.05) is 19.8 Å². The standard InChI is InChI=1S/C14H23N3O3S/c1-3-17-9-11(21(15,19)20)8-12(17)13(18)16-10-14(2)6-4-5-7-14/h8-9H,3-7,10H2,1-2H3,(H,16,18)(H2,15,19,20). The number of aromatic nitrogens is 1. The number of nitrogens with zero attached hydrogens (tertiary/aromatic N) is 1. The molecule has 118 valence electrons. The molecule has 0 spiro atoms. The molecule has 1 fully saturated rings. The number of aryl methyl sites for hydroxylation is 1. The number of amides is 1. The van der Waals surface area contributed by atoms with Gasteiger partial charge in [0.25, 0.3) is 5.91 Å². The molecule has 3 N–H and O–H groups in total. The summed E-state index contributed by atoms with van der Waals surface area (Å²) in [5, 5.41) is 8.04. The van der Waals surface area contributed by atoms with Crippen LogP contribution in [0.4, 0.5) is 0 Å². The summed E-state index contributed by atoms with van der Waals surface area (Å²) in [5.74, 6) is -0.250. The van der Waals surface area contributed by atoms with Crippen LogP contribution in [-0.4, -0.2) is 25.4 Å². The second-order valence-corrected chi connectivity index (χ2v) is 7.65. The summed E-state index contributed by atoms with van der Waals surface area (Å²) in [7, 11) is -3.79. The lowest BCUT2D eigenvalue weighted by atomic mass is 9.89. The van der Waals surface area contributed by atoms with E-state index in [0.29, 0.717) is 18.8 Å². The van der Waals surface area contributed by atoms with Crippen molar-refractivity contribution in [2.45, 2.75) is 51.0 Å². The molecule has 0 unspecified atom stereocenters. The van der Waals surface area contributed by atoms with Gasteiger partial charge in [0.15, 0.2) is 0 Å². The Labute approximate surface area is 125 Å². The van der Waals surface area contributed by atoms with Gasteiger partial charge in [0.1, 0.15) is 10.6 Å². The molecule has 0 bridgehead atoms. The zero-order valence-electron chi connectivity index (χ0n) is 12.6. The first-order chi connectivity index (χ1) is 9.75. The van der Waals surface area contributed by atoms with Gasteiger partial charge in [-0.05, 0) is 31.2 Å². The normalized spacial score (nSPS) is 17.9. The first-order valence-corrected chi connectivity index (χ1v) is 8.81. The molecule has 2 rings (SSSR count). The number of hydrogen-bond donors (Lipinski definition) is 2. The summed E-state index contributed by atoms with van der Waals surface area (Å²) < 4.78 is 24.4. The van der Waals surface area contributed by atoms with E-state index in [0.717, 1.165) is 12.8 Å². The van der Waals surface area contributed by atoms with Gasteiger partial charge >= 0.3 is 0 Å². The Bertz CT molecular complexity index is 628. The molecule has 6 nitrogen and oxygen atoms in total. The van der Waals surface area contributed by atoms with Crippen molar-refractivity contribution in [3.8, 4) is 0 Å². The molecule has 1 aromatic heterocycles. The predicted octanol–water partition coefficient (Wildman–Crippen LogP) is 1.47. The van der Waals surface area contributed by atoms with Crippen molar-refractivity contribution in [1.82, 2.24) is 9.88 Å². The lowest BCUT2D eigenvalue weighted by molar-refractivity contribution is 0.0925. The highest BCUT2D eigenvalue weighted by Crippen LogP contribution is 2.36. The van der Waals surface area contributed by atoms with E-state index in [1.54, 1.807) is 4.57 Å². The lowest BCUT2D eigenvalue weighted by Crippen LogP contribution is -2.35. The molecule has 1 heterocycles. The van der Waals surface area contributed by atoms with Crippen molar-refractivity contribution in [3.63, 3.8) is 0 Å². The van der Waals surface area contributed by atoms with Crippen LogP contribution in [0.1, 0.15) is 50.0 Å². The number of rotatable bonds is 5. The van der Waals surface area contributed by atoms with Gasteiger partial charge in [-0.25, -0.2) is 13.6 Å². The average Bonchev–Trinajstić information content (AvgIpc) is 3.02. The minimum Gasteiger partial charge on any atom is -0.350 e. The molecule has 7 heteroatoms. The van der Waals surface area contributed by atoms with Gasteiger partial charge in [-0.15, -0.1) is 0 Å². The summed E-state index contributed by atoms with van der Waals surface area (Å²) >= 11 is 0. The number of primary sulfonamides is 1. The fourth-order valence-corrected chi connectivity index (χ4v) is 3.43. The van der Waals surface area contributed by atoms with Crippen molar-refractivity contribution in [2.75, 3.05) is 6.54 Å². The molecular formula is C14H23N3O3S. The van der Waals surface area contributed by atoms with Crippen LogP contribution in [0.15, 0.2) is 17.2 Å². The number of hydrogen-bond acceptors (Lipinski definition) is 3. The van der Waals surface area contributed by atoms with Crippen LogP contribution in [0.25, 0.3) is 0 Å². The summed E-state index contributed by atoms with van der Waals surface area (Å²) in [4.78, 5) is 12.3. The number of carbonyl (C=O) groups is 1. The van der Waals surface area contributed by atoms with Gasteiger partial charge in [-0.2, -0.15) is 0 Å². The molecule has 1 aromatic rings. The van der Waals surface area contributed by atoms with Gasteiger partial charge in [0.05, 0.1) is 0 Å². The van der Waals surface area contributed by atoms with Crippen molar-refractivity contribution in [1.29, 1.82) is 0 Å². The molecule has 0 aromatic carbocycles. The SMILES string of the molecule is CCn1cc(S(N)(=O)=O)cc1C(=O)NCC1(C)CCCC1. The van der Waals surface area contributed by atoms with Gasteiger partial charge in [0, 0.05) is 19.3 Å². The molecule has 1 saturated carbocycles. The number of nitrogens with one attached hydrogen (secondary N) is 1. The largest absolute Gasteiger partial charge is 0.350 e. The van der Waals surface area contributed by atoms with Crippen LogP contribution in [-0.2, 0) is 16.6 Å². The van der Waals surface area contributed by atoms with E-state index in [1.165, 1.54) is 25.1 Å². The van der Waals surface area contributed by atoms with Crippen LogP contribution >= 0.6 is 0 Å². The van der Waals surface area contributed by atoms with E-state index in [2.05, 4.69) is 12.2 Å². The third-order valence-electron chi connectivity index (χ3n) is 4.26. The fourth-order valence-electron chi connectivity index (χ4n) is 2.88. The van der Waals surface area contributed by atoms with Crippen LogP contribution in [0.5, 0.6) is 0 Å². The van der Waals surface area contributed by atoms with E-state index in [1.807, 2.05) is 6.92 Å². The van der Waals surface area contributed by atoms with E-state index in [4.69, 9.17) is 5.14 Å². The van der Waals surface area contributed by atoms with Crippen LogP contribution in [0.2, 0.25) is 0 Å². The molecule has 1 aliphatic rings. The Morgan fingerprint density at radius 1 is 1.43 bits per heavy atom. The Morgan fingerprint density at radius 2 is 2.05 bits per heavy atom. The molecule has 0 atom stereocenters. The summed E-state index contributed by atoms with van der Waals surface area (Å²) in [5.41, 5.74) is 0.491. The zero-order valence-corrected chi connectivity index (χ0v) is 13.4. The van der Waals surface area contributed by atoms with Crippen molar-refractivity contribution >= 4 is 15.9 Å². The maximum Gasteiger partial charge on any atom is 0.267 e. The zero-order chi connectivity index (χ0) is 15.7. The third kappa shape index (κ3) is 3.65. The second-order valence-electron chi connectivity index (χ2n) is 6.09.